The summed E-state index contributed by atoms with van der Waals surface area (Å²) in [6.45, 7) is 0. The second kappa shape index (κ2) is 8.06. The van der Waals surface area contributed by atoms with Crippen LogP contribution in [0.4, 0.5) is 0 Å². The maximum atomic E-state index is 10.6. The van der Waals surface area contributed by atoms with Gasteiger partial charge < -0.3 is 0 Å². The Hall–Kier alpha value is 1.55. The molecule has 4 nitrogen and oxygen atoms in total. The molecule has 0 radical (unpaired) electrons. The maximum absolute atomic E-state index is 10.6. The molecule has 0 saturated carbocycles. The second-order valence-corrected chi connectivity index (χ2v) is 53.0. The number of nitrogens with one attached hydrogen (secondary N) is 1. The molecule has 2 aromatic rings. The van der Waals surface area contributed by atoms with Crippen molar-refractivity contribution >= 4 is 68.1 Å². The molecule has 12 heteroatoms. The normalized spacial score (nSPS) is 14.3. The third-order valence-electron chi connectivity index (χ3n) is 2.22. The minimum atomic E-state index is -5.88. The molecule has 23 heavy (non-hydrogen) atoms. The molecular formula is C11H10Cl5NNaO3SSb. The summed E-state index contributed by atoms with van der Waals surface area (Å²) in [5.41, 5.74) is 0. The van der Waals surface area contributed by atoms with Crippen molar-refractivity contribution in [2.45, 2.75) is 4.90 Å². The van der Waals surface area contributed by atoms with E-state index in [9.17, 15) is 13.0 Å². The van der Waals surface area contributed by atoms with Crippen LogP contribution in [0.2, 0.25) is 0 Å². The van der Waals surface area contributed by atoms with Gasteiger partial charge in [-0.05, 0) is 0 Å². The van der Waals surface area contributed by atoms with Gasteiger partial charge in [0, 0.05) is 12.1 Å². The minimum absolute atomic E-state index is 0. The van der Waals surface area contributed by atoms with Crippen LogP contribution in [0.1, 0.15) is 0 Å². The minimum Gasteiger partial charge on any atom is -0.218 e. The van der Waals surface area contributed by atoms with E-state index in [0.29, 0.717) is 0 Å². The van der Waals surface area contributed by atoms with Gasteiger partial charge in [0.15, 0.2) is 12.4 Å². The number of aromatic nitrogens is 1. The van der Waals surface area contributed by atoms with Gasteiger partial charge in [-0.3, -0.25) is 0 Å². The van der Waals surface area contributed by atoms with Crippen LogP contribution >= 0.6 is 44.1 Å². The van der Waals surface area contributed by atoms with Crippen molar-refractivity contribution in [1.82, 2.24) is 0 Å². The van der Waals surface area contributed by atoms with Crippen molar-refractivity contribution in [2.24, 2.45) is 0 Å². The molecule has 1 N–H and O–H groups in total. The third-order valence-corrected chi connectivity index (χ3v) is 13.3. The van der Waals surface area contributed by atoms with E-state index in [-0.39, 0.29) is 33.1 Å². The third kappa shape index (κ3) is 9.71. The van der Waals surface area contributed by atoms with Crippen molar-refractivity contribution in [3.05, 3.63) is 54.9 Å². The average Bonchev–Trinajstić information content (AvgIpc) is 2.38. The second-order valence-electron chi connectivity index (χ2n) is 4.09. The maximum Gasteiger partial charge on any atom is 1.00 e. The van der Waals surface area contributed by atoms with Crippen molar-refractivity contribution in [3.8, 4) is 0 Å². The molecule has 0 spiro atoms. The Morgan fingerprint density at radius 3 is 1.52 bits per heavy atom. The van der Waals surface area contributed by atoms with Gasteiger partial charge in [0.2, 0.25) is 0 Å². The Balaban J connectivity index is 0.000000581. The zero-order chi connectivity index (χ0) is 17.1. The summed E-state index contributed by atoms with van der Waals surface area (Å²) >= 11 is 0. The Morgan fingerprint density at radius 2 is 1.30 bits per heavy atom. The van der Waals surface area contributed by atoms with Crippen LogP contribution in [-0.4, -0.2) is 23.3 Å². The van der Waals surface area contributed by atoms with E-state index in [1.807, 2.05) is 30.6 Å². The Morgan fingerprint density at radius 1 is 0.870 bits per heavy atom. The number of aromatic amines is 1. The Labute approximate surface area is 173 Å². The zero-order valence-electron chi connectivity index (χ0n) is 11.7. The van der Waals surface area contributed by atoms with Gasteiger partial charge >= 0.3 is 140 Å². The largest absolute Gasteiger partial charge is 1.00 e. The van der Waals surface area contributed by atoms with Gasteiger partial charge in [-0.1, -0.05) is 6.07 Å². The van der Waals surface area contributed by atoms with Crippen LogP contribution < -0.4 is 38.1 Å². The van der Waals surface area contributed by atoms with Crippen LogP contribution in [-0.2, 0) is 10.1 Å². The summed E-state index contributed by atoms with van der Waals surface area (Å²) in [5.74, 6) is 0. The van der Waals surface area contributed by atoms with Crippen molar-refractivity contribution in [3.63, 3.8) is 0 Å². The van der Waals surface area contributed by atoms with E-state index >= 15 is 0 Å². The van der Waals surface area contributed by atoms with E-state index in [0.717, 1.165) is 24.3 Å². The first-order valence-electron chi connectivity index (χ1n) is 5.50. The van der Waals surface area contributed by atoms with Crippen LogP contribution in [0.3, 0.4) is 0 Å². The molecule has 0 atom stereocenters. The predicted octanol–water partition coefficient (Wildman–Crippen LogP) is 0.337. The fourth-order valence-corrected chi connectivity index (χ4v) is 7.52. The molecule has 0 amide bonds. The molecule has 0 aliphatic carbocycles. The van der Waals surface area contributed by atoms with Crippen molar-refractivity contribution in [1.29, 1.82) is 0 Å². The number of pyridine rings is 1. The molecular weight excluding hydrogens is 548 g/mol. The summed E-state index contributed by atoms with van der Waals surface area (Å²) in [6, 6.07) is 10.1. The molecule has 124 valence electrons. The van der Waals surface area contributed by atoms with E-state index in [1.165, 1.54) is 0 Å². The standard InChI is InChI=1S/C6H5O3S.C5H5N.5ClH.Na.Sb/c7-10(8,9)6-4-2-1-3-5-6;1-2-4-6-5-3-1;;;;;;;/h2-5H,(H,7,8,9);1-5H;5*1H;;/q;;;;;;;+1;+4/p-5. The van der Waals surface area contributed by atoms with E-state index in [4.69, 9.17) is 44.1 Å². The smallest absolute Gasteiger partial charge is 0.218 e. The fraction of sp³-hybridized carbons (Fsp3) is 0. The van der Waals surface area contributed by atoms with E-state index in [2.05, 4.69) is 4.98 Å². The van der Waals surface area contributed by atoms with Crippen LogP contribution in [0, 0.1) is 0 Å². The number of halogens is 5. The fourth-order valence-electron chi connectivity index (χ4n) is 1.24. The van der Waals surface area contributed by atoms with Crippen molar-refractivity contribution in [2.75, 3.05) is 0 Å². The number of benzene rings is 1. The monoisotopic (exact) mass is 555 g/mol. The predicted molar refractivity (Wildman–Crippen MR) is 92.1 cm³/mol. The van der Waals surface area contributed by atoms with Gasteiger partial charge in [-0.2, -0.15) is 0 Å². The van der Waals surface area contributed by atoms with Gasteiger partial charge in [-0.25, -0.2) is 4.98 Å². The summed E-state index contributed by atoms with van der Waals surface area (Å²) in [5, 5.41) is 0. The number of rotatable bonds is 2. The molecule has 0 saturated heterocycles. The van der Waals surface area contributed by atoms with Crippen LogP contribution in [0.25, 0.3) is 0 Å². The molecule has 0 aliphatic heterocycles. The van der Waals surface area contributed by atoms with Crippen LogP contribution in [0.5, 0.6) is 0 Å². The average molecular weight is 558 g/mol. The first-order chi connectivity index (χ1) is 9.70. The molecule has 1 heterocycles. The summed E-state index contributed by atoms with van der Waals surface area (Å²) < 4.78 is 31.9. The molecule has 2 rings (SSSR count). The summed E-state index contributed by atoms with van der Waals surface area (Å²) in [6.07, 6.45) is 3.75. The zero-order valence-corrected chi connectivity index (χ0v) is 20.8. The quantitative estimate of drug-likeness (QED) is 0.395. The SMILES string of the molecule is O=S(=O)([O-])c1cc[c]([Sb-]([Cl])([Cl])([Cl])([Cl])[Cl])cc1.[Na+].c1cc[nH+]cc1. The molecule has 1 aromatic carbocycles. The van der Waals surface area contributed by atoms with E-state index < -0.39 is 25.3 Å². The number of H-pyrrole nitrogens is 1. The molecule has 0 bridgehead atoms. The Bertz CT molecular complexity index is 712. The number of hydrogen-bond acceptors (Lipinski definition) is 3. The Kier molecular flexibility index (Phi) is 8.60. The summed E-state index contributed by atoms with van der Waals surface area (Å²) in [4.78, 5) is 2.44. The number of hydrogen-bond donors (Lipinski definition) is 0. The van der Waals surface area contributed by atoms with Gasteiger partial charge in [0.1, 0.15) is 0 Å². The van der Waals surface area contributed by atoms with Gasteiger partial charge in [0.05, 0.1) is 0 Å². The van der Waals surface area contributed by atoms with Crippen molar-refractivity contribution < 1.29 is 47.5 Å². The first kappa shape index (κ1) is 24.5. The van der Waals surface area contributed by atoms with Crippen LogP contribution in [0.15, 0.2) is 59.8 Å². The molecule has 1 aromatic heterocycles. The van der Waals surface area contributed by atoms with E-state index in [1.54, 1.807) is 0 Å². The summed E-state index contributed by atoms with van der Waals surface area (Å²) in [7, 11) is 18.4. The molecule has 0 fully saturated rings. The molecule has 0 unspecified atom stereocenters. The molecule has 0 aliphatic rings. The topological polar surface area (TPSA) is 71.3 Å². The van der Waals surface area contributed by atoms with Gasteiger partial charge in [0.25, 0.3) is 0 Å². The van der Waals surface area contributed by atoms with Gasteiger partial charge in [-0.15, -0.1) is 0 Å². The first-order valence-corrected chi connectivity index (χ1v) is 24.4.